The first-order chi connectivity index (χ1) is 16.4. The first-order valence-corrected chi connectivity index (χ1v) is 12.0. The van der Waals surface area contributed by atoms with Gasteiger partial charge in [0, 0.05) is 18.7 Å². The molecule has 0 aliphatic heterocycles. The van der Waals surface area contributed by atoms with E-state index >= 15 is 0 Å². The molecule has 1 atom stereocenters. The summed E-state index contributed by atoms with van der Waals surface area (Å²) < 4.78 is 9.03. The second kappa shape index (κ2) is 9.23. The van der Waals surface area contributed by atoms with E-state index in [-0.39, 0.29) is 6.04 Å². The average molecular weight is 471 g/mol. The van der Waals surface area contributed by atoms with E-state index in [1.807, 2.05) is 61.4 Å². The van der Waals surface area contributed by atoms with Crippen LogP contribution in [0, 0.1) is 13.8 Å². The number of ether oxygens (including phenoxy) is 1. The zero-order valence-electron chi connectivity index (χ0n) is 19.6. The summed E-state index contributed by atoms with van der Waals surface area (Å²) in [5, 5.41) is 7.90. The maximum Gasteiger partial charge on any atom is 0.130 e. The molecule has 0 aliphatic rings. The predicted molar refractivity (Wildman–Crippen MR) is 136 cm³/mol. The third-order valence-electron chi connectivity index (χ3n) is 5.67. The molecule has 34 heavy (non-hydrogen) atoms. The molecule has 0 saturated carbocycles. The van der Waals surface area contributed by atoms with Crippen LogP contribution in [0.25, 0.3) is 21.5 Å². The van der Waals surface area contributed by atoms with Crippen molar-refractivity contribution in [2.75, 3.05) is 5.32 Å². The first kappa shape index (κ1) is 22.0. The largest absolute Gasteiger partial charge is 0.487 e. The van der Waals surface area contributed by atoms with Crippen molar-refractivity contribution in [1.29, 1.82) is 0 Å². The SMILES string of the molecule is Cc1cc(COc2cccc(C(C)Nc3cc(-c4ccc5ncsc5c4)nc(C)n3)c2)n(C)n1. The summed E-state index contributed by atoms with van der Waals surface area (Å²) in [4.78, 5) is 13.6. The van der Waals surface area contributed by atoms with Gasteiger partial charge in [0.05, 0.1) is 38.9 Å². The number of aryl methyl sites for hydroxylation is 3. The van der Waals surface area contributed by atoms with Crippen LogP contribution in [0.2, 0.25) is 0 Å². The number of thiazole rings is 1. The molecule has 8 heteroatoms. The van der Waals surface area contributed by atoms with Crippen molar-refractivity contribution >= 4 is 27.4 Å². The first-order valence-electron chi connectivity index (χ1n) is 11.1. The fourth-order valence-corrected chi connectivity index (χ4v) is 4.66. The number of hydrogen-bond donors (Lipinski definition) is 1. The Balaban J connectivity index is 1.32. The molecule has 0 aliphatic carbocycles. The smallest absolute Gasteiger partial charge is 0.130 e. The Kier molecular flexibility index (Phi) is 5.98. The third-order valence-corrected chi connectivity index (χ3v) is 6.46. The molecule has 0 bridgehead atoms. The summed E-state index contributed by atoms with van der Waals surface area (Å²) in [6.45, 7) is 6.49. The molecule has 3 heterocycles. The number of rotatable bonds is 7. The molecule has 0 spiro atoms. The van der Waals surface area contributed by atoms with Gasteiger partial charge in [-0.3, -0.25) is 4.68 Å². The summed E-state index contributed by atoms with van der Waals surface area (Å²) in [6.07, 6.45) is 0. The van der Waals surface area contributed by atoms with Crippen molar-refractivity contribution in [3.05, 3.63) is 82.9 Å². The van der Waals surface area contributed by atoms with E-state index in [1.54, 1.807) is 11.3 Å². The maximum absolute atomic E-state index is 6.03. The molecular formula is C26H26N6OS. The lowest BCUT2D eigenvalue weighted by atomic mass is 10.1. The fourth-order valence-electron chi connectivity index (χ4n) is 3.94. The molecule has 7 nitrogen and oxygen atoms in total. The molecule has 1 unspecified atom stereocenters. The van der Waals surface area contributed by atoms with Gasteiger partial charge in [0.15, 0.2) is 0 Å². The summed E-state index contributed by atoms with van der Waals surface area (Å²) in [5.74, 6) is 2.33. The Morgan fingerprint density at radius 2 is 1.94 bits per heavy atom. The predicted octanol–water partition coefficient (Wildman–Crippen LogP) is 5.86. The highest BCUT2D eigenvalue weighted by Gasteiger charge is 2.12. The van der Waals surface area contributed by atoms with Gasteiger partial charge < -0.3 is 10.1 Å². The minimum absolute atomic E-state index is 0.0358. The number of aromatic nitrogens is 5. The highest BCUT2D eigenvalue weighted by molar-refractivity contribution is 7.16. The number of benzene rings is 2. The number of anilines is 1. The van der Waals surface area contributed by atoms with Gasteiger partial charge in [0.25, 0.3) is 0 Å². The van der Waals surface area contributed by atoms with Gasteiger partial charge in [-0.05, 0) is 56.7 Å². The third kappa shape index (κ3) is 4.77. The van der Waals surface area contributed by atoms with Crippen molar-refractivity contribution in [1.82, 2.24) is 24.7 Å². The molecular weight excluding hydrogens is 444 g/mol. The van der Waals surface area contributed by atoms with E-state index in [9.17, 15) is 0 Å². The van der Waals surface area contributed by atoms with E-state index in [4.69, 9.17) is 4.74 Å². The van der Waals surface area contributed by atoms with Crippen molar-refractivity contribution in [2.45, 2.75) is 33.4 Å². The topological polar surface area (TPSA) is 77.8 Å². The Bertz CT molecular complexity index is 1460. The van der Waals surface area contributed by atoms with Gasteiger partial charge in [-0.2, -0.15) is 5.10 Å². The molecule has 172 valence electrons. The van der Waals surface area contributed by atoms with E-state index in [0.717, 1.165) is 55.8 Å². The molecule has 1 N–H and O–H groups in total. The summed E-state index contributed by atoms with van der Waals surface area (Å²) in [6, 6.07) is 18.4. The maximum atomic E-state index is 6.03. The van der Waals surface area contributed by atoms with Crippen LogP contribution in [0.4, 0.5) is 5.82 Å². The van der Waals surface area contributed by atoms with Gasteiger partial charge in [0.1, 0.15) is 24.0 Å². The summed E-state index contributed by atoms with van der Waals surface area (Å²) >= 11 is 1.63. The number of nitrogens with one attached hydrogen (secondary N) is 1. The molecule has 0 fully saturated rings. The minimum atomic E-state index is 0.0358. The van der Waals surface area contributed by atoms with Crippen LogP contribution in [-0.4, -0.2) is 24.7 Å². The van der Waals surface area contributed by atoms with Crippen molar-refractivity contribution in [3.63, 3.8) is 0 Å². The van der Waals surface area contributed by atoms with Gasteiger partial charge in [0.2, 0.25) is 0 Å². The lowest BCUT2D eigenvalue weighted by Gasteiger charge is -2.17. The Morgan fingerprint density at radius 1 is 1.06 bits per heavy atom. The van der Waals surface area contributed by atoms with Crippen molar-refractivity contribution in [3.8, 4) is 17.0 Å². The van der Waals surface area contributed by atoms with Crippen LogP contribution in [0.15, 0.2) is 60.1 Å². The molecule has 2 aromatic carbocycles. The molecule has 0 amide bonds. The van der Waals surface area contributed by atoms with Crippen LogP contribution in [-0.2, 0) is 13.7 Å². The molecule has 3 aromatic heterocycles. The van der Waals surface area contributed by atoms with E-state index < -0.39 is 0 Å². The van der Waals surface area contributed by atoms with Gasteiger partial charge in [-0.1, -0.05) is 18.2 Å². The Morgan fingerprint density at radius 3 is 2.76 bits per heavy atom. The highest BCUT2D eigenvalue weighted by Crippen LogP contribution is 2.28. The quantitative estimate of drug-likeness (QED) is 0.321. The van der Waals surface area contributed by atoms with E-state index in [2.05, 4.69) is 56.6 Å². The van der Waals surface area contributed by atoms with Gasteiger partial charge in [-0.25, -0.2) is 15.0 Å². The number of nitrogens with zero attached hydrogens (tertiary/aromatic N) is 5. The molecule has 5 aromatic rings. The molecule has 0 radical (unpaired) electrons. The van der Waals surface area contributed by atoms with Crippen LogP contribution >= 0.6 is 11.3 Å². The Labute approximate surface area is 202 Å². The Hall–Kier alpha value is -3.78. The van der Waals surface area contributed by atoms with E-state index in [1.165, 1.54) is 0 Å². The lowest BCUT2D eigenvalue weighted by Crippen LogP contribution is -2.09. The van der Waals surface area contributed by atoms with Crippen LogP contribution in [0.3, 0.4) is 0 Å². The van der Waals surface area contributed by atoms with Crippen LogP contribution < -0.4 is 10.1 Å². The highest BCUT2D eigenvalue weighted by atomic mass is 32.1. The normalized spacial score (nSPS) is 12.1. The summed E-state index contributed by atoms with van der Waals surface area (Å²) in [7, 11) is 1.93. The molecule has 5 rings (SSSR count). The average Bonchev–Trinajstić information content (AvgIpc) is 3.42. The zero-order chi connectivity index (χ0) is 23.7. The number of fused-ring (bicyclic) bond motifs is 1. The zero-order valence-corrected chi connectivity index (χ0v) is 20.4. The standard InChI is InChI=1S/C26H26N6OS/c1-16-10-21(32(4)31-16)14-33-22-7-5-6-19(11-22)17(2)28-26-13-24(29-18(3)30-26)20-8-9-23-25(12-20)34-15-27-23/h5-13,15,17H,14H2,1-4H3,(H,28,29,30). The number of hydrogen-bond acceptors (Lipinski definition) is 7. The second-order valence-corrected chi connectivity index (χ2v) is 9.23. The van der Waals surface area contributed by atoms with Gasteiger partial charge in [-0.15, -0.1) is 11.3 Å². The monoisotopic (exact) mass is 470 g/mol. The van der Waals surface area contributed by atoms with Crippen molar-refractivity contribution < 1.29 is 4.74 Å². The molecule has 0 saturated heterocycles. The summed E-state index contributed by atoms with van der Waals surface area (Å²) in [5.41, 5.74) is 7.95. The van der Waals surface area contributed by atoms with E-state index in [0.29, 0.717) is 6.61 Å². The van der Waals surface area contributed by atoms with Crippen molar-refractivity contribution in [2.24, 2.45) is 7.05 Å². The second-order valence-electron chi connectivity index (χ2n) is 8.35. The minimum Gasteiger partial charge on any atom is -0.487 e. The lowest BCUT2D eigenvalue weighted by molar-refractivity contribution is 0.294. The van der Waals surface area contributed by atoms with Gasteiger partial charge >= 0.3 is 0 Å². The fraction of sp³-hybridized carbons (Fsp3) is 0.231. The van der Waals surface area contributed by atoms with Crippen LogP contribution in [0.1, 0.15) is 35.7 Å². The van der Waals surface area contributed by atoms with Crippen LogP contribution in [0.5, 0.6) is 5.75 Å².